The predicted molar refractivity (Wildman–Crippen MR) is 61.2 cm³/mol. The van der Waals surface area contributed by atoms with Gasteiger partial charge in [-0.3, -0.25) is 0 Å². The lowest BCUT2D eigenvalue weighted by molar-refractivity contribution is -0.147. The Morgan fingerprint density at radius 1 is 1.39 bits per heavy atom. The lowest BCUT2D eigenvalue weighted by Gasteiger charge is -2.22. The zero-order chi connectivity index (χ0) is 13.9. The van der Waals surface area contributed by atoms with Crippen LogP contribution in [0.1, 0.15) is 12.5 Å². The number of carbonyl (C=O) groups is 1. The molecule has 0 aliphatic heterocycles. The van der Waals surface area contributed by atoms with Gasteiger partial charge in [0, 0.05) is 6.07 Å². The van der Waals surface area contributed by atoms with E-state index in [-0.39, 0.29) is 12.4 Å². The molecule has 1 aromatic rings. The van der Waals surface area contributed by atoms with Crippen LogP contribution in [-0.2, 0) is 9.53 Å². The number of aryl methyl sites for hydroxylation is 1. The summed E-state index contributed by atoms with van der Waals surface area (Å²) in [5.41, 5.74) is 4.73. The topological polar surface area (TPSA) is 61.5 Å². The van der Waals surface area contributed by atoms with Crippen LogP contribution in [0.3, 0.4) is 0 Å². The Hall–Kier alpha value is -1.69. The number of rotatable bonds is 4. The largest absolute Gasteiger partial charge is 0.491 e. The maximum absolute atomic E-state index is 13.0. The molecule has 2 N–H and O–H groups in total. The quantitative estimate of drug-likeness (QED) is 0.833. The van der Waals surface area contributed by atoms with E-state index in [2.05, 4.69) is 4.74 Å². The first-order valence-corrected chi connectivity index (χ1v) is 5.23. The van der Waals surface area contributed by atoms with Crippen molar-refractivity contribution in [3.8, 4) is 5.75 Å². The first-order chi connectivity index (χ1) is 8.27. The third-order valence-corrected chi connectivity index (χ3v) is 2.40. The minimum atomic E-state index is -1.36. The molecule has 6 heteroatoms. The summed E-state index contributed by atoms with van der Waals surface area (Å²) in [7, 11) is 1.20. The second-order valence-electron chi connectivity index (χ2n) is 4.23. The molecule has 0 saturated heterocycles. The number of halogens is 2. The van der Waals surface area contributed by atoms with Gasteiger partial charge in [-0.2, -0.15) is 0 Å². The summed E-state index contributed by atoms with van der Waals surface area (Å²) >= 11 is 0. The van der Waals surface area contributed by atoms with E-state index in [1.807, 2.05) is 0 Å². The first kappa shape index (κ1) is 14.4. The number of hydrogen-bond acceptors (Lipinski definition) is 4. The lowest BCUT2D eigenvalue weighted by Crippen LogP contribution is -2.50. The number of carbonyl (C=O) groups excluding carboxylic acids is 1. The highest BCUT2D eigenvalue weighted by Crippen LogP contribution is 2.22. The van der Waals surface area contributed by atoms with E-state index >= 15 is 0 Å². The van der Waals surface area contributed by atoms with E-state index in [1.165, 1.54) is 14.0 Å². The van der Waals surface area contributed by atoms with E-state index in [9.17, 15) is 13.6 Å². The number of ether oxygens (including phenoxy) is 2. The van der Waals surface area contributed by atoms with Gasteiger partial charge in [-0.25, -0.2) is 13.6 Å². The molecule has 0 aromatic heterocycles. The highest BCUT2D eigenvalue weighted by Gasteiger charge is 2.30. The van der Waals surface area contributed by atoms with Crippen LogP contribution < -0.4 is 10.5 Å². The number of hydrogen-bond donors (Lipinski definition) is 1. The number of esters is 1. The Morgan fingerprint density at radius 2 is 1.94 bits per heavy atom. The molecule has 1 unspecified atom stereocenters. The molecule has 0 aliphatic carbocycles. The third-order valence-electron chi connectivity index (χ3n) is 2.40. The third kappa shape index (κ3) is 3.16. The highest BCUT2D eigenvalue weighted by atomic mass is 19.2. The van der Waals surface area contributed by atoms with Gasteiger partial charge < -0.3 is 15.2 Å². The summed E-state index contributed by atoms with van der Waals surface area (Å²) < 4.78 is 35.6. The van der Waals surface area contributed by atoms with Crippen LogP contribution in [-0.4, -0.2) is 25.2 Å². The van der Waals surface area contributed by atoms with Gasteiger partial charge in [0.05, 0.1) is 7.11 Å². The highest BCUT2D eigenvalue weighted by molar-refractivity contribution is 5.80. The van der Waals surface area contributed by atoms with Crippen molar-refractivity contribution in [3.05, 3.63) is 29.3 Å². The first-order valence-electron chi connectivity index (χ1n) is 5.23. The van der Waals surface area contributed by atoms with Crippen molar-refractivity contribution < 1.29 is 23.0 Å². The summed E-state index contributed by atoms with van der Waals surface area (Å²) in [6.45, 7) is 2.78. The van der Waals surface area contributed by atoms with Crippen LogP contribution in [0.5, 0.6) is 5.75 Å². The van der Waals surface area contributed by atoms with Crippen molar-refractivity contribution in [1.82, 2.24) is 0 Å². The van der Waals surface area contributed by atoms with Gasteiger partial charge >= 0.3 is 5.97 Å². The number of benzene rings is 1. The smallest absolute Gasteiger partial charge is 0.329 e. The zero-order valence-corrected chi connectivity index (χ0v) is 10.4. The molecule has 0 bridgehead atoms. The Balaban J connectivity index is 2.81. The molecule has 1 rings (SSSR count). The van der Waals surface area contributed by atoms with Crippen LogP contribution in [0.4, 0.5) is 8.78 Å². The molecule has 0 spiro atoms. The maximum atomic E-state index is 13.0. The monoisotopic (exact) mass is 259 g/mol. The van der Waals surface area contributed by atoms with Gasteiger partial charge in [-0.15, -0.1) is 0 Å². The molecule has 100 valence electrons. The summed E-state index contributed by atoms with van der Waals surface area (Å²) in [4.78, 5) is 11.3. The SMILES string of the molecule is COC(=O)C(C)(N)COc1cc(F)c(F)cc1C. The van der Waals surface area contributed by atoms with E-state index in [4.69, 9.17) is 10.5 Å². The van der Waals surface area contributed by atoms with Crippen LogP contribution in [0.25, 0.3) is 0 Å². The van der Waals surface area contributed by atoms with Gasteiger partial charge in [-0.1, -0.05) is 0 Å². The molecule has 0 fully saturated rings. The van der Waals surface area contributed by atoms with E-state index < -0.39 is 23.1 Å². The van der Waals surface area contributed by atoms with Gasteiger partial charge in [0.2, 0.25) is 0 Å². The molecule has 0 radical (unpaired) electrons. The Morgan fingerprint density at radius 3 is 2.50 bits per heavy atom. The normalized spacial score (nSPS) is 13.9. The fraction of sp³-hybridized carbons (Fsp3) is 0.417. The molecule has 18 heavy (non-hydrogen) atoms. The van der Waals surface area contributed by atoms with Crippen molar-refractivity contribution in [2.75, 3.05) is 13.7 Å². The minimum Gasteiger partial charge on any atom is -0.491 e. The molecule has 0 heterocycles. The van der Waals surface area contributed by atoms with E-state index in [1.54, 1.807) is 6.92 Å². The summed E-state index contributed by atoms with van der Waals surface area (Å²) in [6.07, 6.45) is 0. The number of methoxy groups -OCH3 is 1. The Bertz CT molecular complexity index is 461. The van der Waals surface area contributed by atoms with Crippen molar-refractivity contribution in [2.24, 2.45) is 5.73 Å². The molecular weight excluding hydrogens is 244 g/mol. The predicted octanol–water partition coefficient (Wildman–Crippen LogP) is 1.54. The summed E-state index contributed by atoms with van der Waals surface area (Å²) in [5.74, 6) is -2.49. The van der Waals surface area contributed by atoms with Crippen LogP contribution in [0.2, 0.25) is 0 Å². The minimum absolute atomic E-state index is 0.134. The summed E-state index contributed by atoms with van der Waals surface area (Å²) in [5, 5.41) is 0. The molecule has 0 aliphatic rings. The van der Waals surface area contributed by atoms with Gasteiger partial charge in [0.15, 0.2) is 11.6 Å². The molecule has 0 amide bonds. The number of nitrogens with two attached hydrogens (primary N) is 1. The molecule has 1 aromatic carbocycles. The van der Waals surface area contributed by atoms with Gasteiger partial charge in [-0.05, 0) is 25.5 Å². The molecule has 0 saturated carbocycles. The summed E-state index contributed by atoms with van der Waals surface area (Å²) in [6, 6.07) is 1.93. The molecule has 4 nitrogen and oxygen atoms in total. The van der Waals surface area contributed by atoms with Crippen molar-refractivity contribution >= 4 is 5.97 Å². The van der Waals surface area contributed by atoms with Gasteiger partial charge in [0.1, 0.15) is 17.9 Å². The molecule has 1 atom stereocenters. The average Bonchev–Trinajstić information content (AvgIpc) is 2.31. The van der Waals surface area contributed by atoms with Crippen molar-refractivity contribution in [1.29, 1.82) is 0 Å². The van der Waals surface area contributed by atoms with E-state index in [0.29, 0.717) is 5.56 Å². The van der Waals surface area contributed by atoms with Crippen molar-refractivity contribution in [2.45, 2.75) is 19.4 Å². The lowest BCUT2D eigenvalue weighted by atomic mass is 10.1. The van der Waals surface area contributed by atoms with Crippen LogP contribution >= 0.6 is 0 Å². The second kappa shape index (κ2) is 5.30. The van der Waals surface area contributed by atoms with Crippen LogP contribution in [0.15, 0.2) is 12.1 Å². The fourth-order valence-electron chi connectivity index (χ4n) is 1.30. The van der Waals surface area contributed by atoms with E-state index in [0.717, 1.165) is 12.1 Å². The van der Waals surface area contributed by atoms with Crippen LogP contribution in [0, 0.1) is 18.6 Å². The fourth-order valence-corrected chi connectivity index (χ4v) is 1.30. The Labute approximate surface area is 104 Å². The average molecular weight is 259 g/mol. The Kier molecular flexibility index (Phi) is 4.24. The molecular formula is C12H15F2NO3. The zero-order valence-electron chi connectivity index (χ0n) is 10.4. The van der Waals surface area contributed by atoms with Gasteiger partial charge in [0.25, 0.3) is 0 Å². The van der Waals surface area contributed by atoms with Crippen molar-refractivity contribution in [3.63, 3.8) is 0 Å². The second-order valence-corrected chi connectivity index (χ2v) is 4.23. The standard InChI is InChI=1S/C12H15F2NO3/c1-7-4-8(13)9(14)5-10(7)18-6-12(2,15)11(16)17-3/h4-5H,6,15H2,1-3H3. The maximum Gasteiger partial charge on any atom is 0.329 e.